The number of rotatable bonds is 5. The second-order valence-corrected chi connectivity index (χ2v) is 6.41. The van der Waals surface area contributed by atoms with Crippen molar-refractivity contribution in [3.63, 3.8) is 0 Å². The standard InChI is InChI=1S/C19H20FN3O3/c1-19(13-17(24)23-10-4-3-5-16(23)21-19)18(25)22(2)11-12-26-15-8-6-14(20)7-9-15/h3-10H,11-13H2,1-2H3/t19-/m0/s1. The Labute approximate surface area is 151 Å². The van der Waals surface area contributed by atoms with E-state index in [0.29, 0.717) is 18.1 Å². The third-order valence-electron chi connectivity index (χ3n) is 4.28. The Morgan fingerprint density at radius 1 is 1.35 bits per heavy atom. The number of ether oxygens (including phenoxy) is 1. The van der Waals surface area contributed by atoms with Crippen molar-refractivity contribution < 1.29 is 18.7 Å². The molecule has 2 aliphatic heterocycles. The van der Waals surface area contributed by atoms with Gasteiger partial charge in [0.2, 0.25) is 5.91 Å². The zero-order valence-corrected chi connectivity index (χ0v) is 14.7. The number of amides is 2. The van der Waals surface area contributed by atoms with Crippen LogP contribution in [0.15, 0.2) is 53.7 Å². The molecule has 26 heavy (non-hydrogen) atoms. The quantitative estimate of drug-likeness (QED) is 0.811. The van der Waals surface area contributed by atoms with Crippen LogP contribution < -0.4 is 4.74 Å². The molecule has 0 fully saturated rings. The summed E-state index contributed by atoms with van der Waals surface area (Å²) in [4.78, 5) is 32.6. The molecule has 6 nitrogen and oxygen atoms in total. The fourth-order valence-corrected chi connectivity index (χ4v) is 2.88. The number of halogens is 1. The van der Waals surface area contributed by atoms with Crippen LogP contribution in [0.4, 0.5) is 4.39 Å². The van der Waals surface area contributed by atoms with Gasteiger partial charge in [-0.05, 0) is 43.3 Å². The Kier molecular flexibility index (Phi) is 4.88. The van der Waals surface area contributed by atoms with Crippen LogP contribution in [0, 0.1) is 5.82 Å². The number of likely N-dealkylation sites (N-methyl/N-ethyl adjacent to an activating group) is 1. The summed E-state index contributed by atoms with van der Waals surface area (Å²) < 4.78 is 18.4. The minimum Gasteiger partial charge on any atom is -0.492 e. The van der Waals surface area contributed by atoms with Gasteiger partial charge in [0.05, 0.1) is 13.0 Å². The first-order chi connectivity index (χ1) is 12.4. The second-order valence-electron chi connectivity index (χ2n) is 6.41. The normalized spacial score (nSPS) is 21.3. The summed E-state index contributed by atoms with van der Waals surface area (Å²) in [6, 6.07) is 5.68. The Hall–Kier alpha value is -2.96. The average Bonchev–Trinajstić information content (AvgIpc) is 2.62. The third-order valence-corrected chi connectivity index (χ3v) is 4.28. The van der Waals surface area contributed by atoms with E-state index >= 15 is 0 Å². The Bertz CT molecular complexity index is 801. The van der Waals surface area contributed by atoms with E-state index in [1.54, 1.807) is 38.4 Å². The van der Waals surface area contributed by atoms with Crippen molar-refractivity contribution in [1.82, 2.24) is 9.80 Å². The van der Waals surface area contributed by atoms with Gasteiger partial charge in [0.1, 0.15) is 29.5 Å². The molecule has 2 heterocycles. The average molecular weight is 357 g/mol. The van der Waals surface area contributed by atoms with Gasteiger partial charge in [-0.1, -0.05) is 6.08 Å². The molecule has 3 rings (SSSR count). The SMILES string of the molecule is CN(CCOc1ccc(F)cc1)C(=O)[C@]1(C)CC(=O)N2C=CC=CC2=N1. The molecule has 2 amide bonds. The molecule has 0 aromatic heterocycles. The van der Waals surface area contributed by atoms with Gasteiger partial charge in [-0.2, -0.15) is 0 Å². The van der Waals surface area contributed by atoms with Gasteiger partial charge in [0, 0.05) is 13.2 Å². The monoisotopic (exact) mass is 357 g/mol. The number of allylic oxidation sites excluding steroid dienone is 2. The zero-order valence-electron chi connectivity index (χ0n) is 14.7. The van der Waals surface area contributed by atoms with Gasteiger partial charge in [-0.3, -0.25) is 19.5 Å². The van der Waals surface area contributed by atoms with Crippen LogP contribution in [0.25, 0.3) is 0 Å². The number of hydrogen-bond acceptors (Lipinski definition) is 4. The number of fused-ring (bicyclic) bond motifs is 1. The summed E-state index contributed by atoms with van der Waals surface area (Å²) in [5.41, 5.74) is -1.14. The lowest BCUT2D eigenvalue weighted by Gasteiger charge is -2.36. The maximum Gasteiger partial charge on any atom is 0.250 e. The minimum absolute atomic E-state index is 0.0106. The van der Waals surface area contributed by atoms with Gasteiger partial charge >= 0.3 is 0 Å². The van der Waals surface area contributed by atoms with Crippen LogP contribution in [-0.4, -0.2) is 53.2 Å². The Balaban J connectivity index is 1.62. The molecular weight excluding hydrogens is 337 g/mol. The number of hydrogen-bond donors (Lipinski definition) is 0. The van der Waals surface area contributed by atoms with E-state index in [1.165, 1.54) is 34.1 Å². The van der Waals surface area contributed by atoms with Crippen molar-refractivity contribution in [3.8, 4) is 5.75 Å². The lowest BCUT2D eigenvalue weighted by atomic mass is 9.93. The van der Waals surface area contributed by atoms with E-state index in [9.17, 15) is 14.0 Å². The summed E-state index contributed by atoms with van der Waals surface area (Å²) in [6.45, 7) is 2.24. The molecule has 1 aromatic carbocycles. The van der Waals surface area contributed by atoms with Crippen molar-refractivity contribution >= 4 is 17.6 Å². The third kappa shape index (κ3) is 3.66. The zero-order chi connectivity index (χ0) is 18.7. The van der Waals surface area contributed by atoms with Crippen molar-refractivity contribution in [2.75, 3.05) is 20.2 Å². The van der Waals surface area contributed by atoms with E-state index in [0.717, 1.165) is 0 Å². The number of carbonyl (C=O) groups excluding carboxylic acids is 2. The lowest BCUT2D eigenvalue weighted by Crippen LogP contribution is -2.53. The van der Waals surface area contributed by atoms with Gasteiger partial charge in [-0.15, -0.1) is 0 Å². The topological polar surface area (TPSA) is 62.2 Å². The highest BCUT2D eigenvalue weighted by atomic mass is 19.1. The molecule has 2 aliphatic rings. The maximum atomic E-state index is 12.9. The molecule has 0 saturated carbocycles. The highest BCUT2D eigenvalue weighted by molar-refractivity contribution is 6.11. The molecule has 0 bridgehead atoms. The molecule has 1 atom stereocenters. The summed E-state index contributed by atoms with van der Waals surface area (Å²) in [6.07, 6.45) is 6.89. The fraction of sp³-hybridized carbons (Fsp3) is 0.316. The summed E-state index contributed by atoms with van der Waals surface area (Å²) >= 11 is 0. The summed E-state index contributed by atoms with van der Waals surface area (Å²) in [5, 5.41) is 0. The first-order valence-electron chi connectivity index (χ1n) is 8.30. The number of aliphatic imine (C=N–C) groups is 1. The van der Waals surface area contributed by atoms with Gasteiger partial charge in [-0.25, -0.2) is 4.39 Å². The first-order valence-corrected chi connectivity index (χ1v) is 8.30. The van der Waals surface area contributed by atoms with Crippen molar-refractivity contribution in [3.05, 3.63) is 54.5 Å². The van der Waals surface area contributed by atoms with E-state index in [-0.39, 0.29) is 30.7 Å². The van der Waals surface area contributed by atoms with Crippen molar-refractivity contribution in [1.29, 1.82) is 0 Å². The van der Waals surface area contributed by atoms with Gasteiger partial charge in [0.15, 0.2) is 0 Å². The number of benzene rings is 1. The number of amidine groups is 1. The fourth-order valence-electron chi connectivity index (χ4n) is 2.88. The number of carbonyl (C=O) groups is 2. The molecule has 0 spiro atoms. The van der Waals surface area contributed by atoms with Crippen LogP contribution in [-0.2, 0) is 9.59 Å². The van der Waals surface area contributed by atoms with Gasteiger partial charge in [0.25, 0.3) is 5.91 Å². The predicted molar refractivity (Wildman–Crippen MR) is 95.1 cm³/mol. The predicted octanol–water partition coefficient (Wildman–Crippen LogP) is 2.14. The van der Waals surface area contributed by atoms with Crippen molar-refractivity contribution in [2.45, 2.75) is 18.9 Å². The Morgan fingerprint density at radius 3 is 2.81 bits per heavy atom. The van der Waals surface area contributed by atoms with E-state index < -0.39 is 5.54 Å². The van der Waals surface area contributed by atoms with Crippen LogP contribution in [0.3, 0.4) is 0 Å². The van der Waals surface area contributed by atoms with E-state index in [2.05, 4.69) is 4.99 Å². The highest BCUT2D eigenvalue weighted by Crippen LogP contribution is 2.27. The smallest absolute Gasteiger partial charge is 0.250 e. The molecule has 0 unspecified atom stereocenters. The number of nitrogens with zero attached hydrogens (tertiary/aromatic N) is 3. The Morgan fingerprint density at radius 2 is 2.08 bits per heavy atom. The molecule has 0 saturated heterocycles. The summed E-state index contributed by atoms with van der Waals surface area (Å²) in [7, 11) is 1.65. The maximum absolute atomic E-state index is 12.9. The van der Waals surface area contributed by atoms with Crippen LogP contribution in [0.2, 0.25) is 0 Å². The molecule has 1 aromatic rings. The molecule has 0 radical (unpaired) electrons. The second kappa shape index (κ2) is 7.11. The van der Waals surface area contributed by atoms with Gasteiger partial charge < -0.3 is 9.64 Å². The van der Waals surface area contributed by atoms with Crippen LogP contribution >= 0.6 is 0 Å². The molecular formula is C19H20FN3O3. The van der Waals surface area contributed by atoms with Crippen LogP contribution in [0.5, 0.6) is 5.75 Å². The largest absolute Gasteiger partial charge is 0.492 e. The first kappa shape index (κ1) is 17.8. The highest BCUT2D eigenvalue weighted by Gasteiger charge is 2.43. The molecule has 136 valence electrons. The minimum atomic E-state index is -1.14. The van der Waals surface area contributed by atoms with Crippen molar-refractivity contribution in [2.24, 2.45) is 4.99 Å². The molecule has 0 N–H and O–H groups in total. The molecule has 7 heteroatoms. The van der Waals surface area contributed by atoms with Crippen LogP contribution in [0.1, 0.15) is 13.3 Å². The van der Waals surface area contributed by atoms with E-state index in [4.69, 9.17) is 4.74 Å². The lowest BCUT2D eigenvalue weighted by molar-refractivity contribution is -0.140. The van der Waals surface area contributed by atoms with E-state index in [1.807, 2.05) is 0 Å². The summed E-state index contributed by atoms with van der Waals surface area (Å²) in [5.74, 6) is 0.252. The molecule has 0 aliphatic carbocycles.